The summed E-state index contributed by atoms with van der Waals surface area (Å²) < 4.78 is 8.55. The Morgan fingerprint density at radius 3 is 1.14 bits per heavy atom. The molecule has 1 radical (unpaired) electrons. The van der Waals surface area contributed by atoms with Gasteiger partial charge >= 0.3 is 17.1 Å². The molecule has 43 valence electrons. The molecule has 0 aliphatic heterocycles. The minimum absolute atomic E-state index is 0. The van der Waals surface area contributed by atoms with Crippen LogP contribution in [0.4, 0.5) is 0 Å². The normalized spacial score (nSPS) is 8.43. The van der Waals surface area contributed by atoms with E-state index in [1.807, 2.05) is 0 Å². The van der Waals surface area contributed by atoms with Crippen molar-refractivity contribution in [1.29, 1.82) is 0 Å². The van der Waals surface area contributed by atoms with Crippen molar-refractivity contribution in [3.05, 3.63) is 0 Å². The Hall–Kier alpha value is 1.32. The Morgan fingerprint density at radius 1 is 1.14 bits per heavy atom. The molecule has 0 aromatic heterocycles. The molecule has 0 aliphatic rings. The predicted molar refractivity (Wildman–Crippen MR) is 7.61 cm³/mol. The summed E-state index contributed by atoms with van der Waals surface area (Å²) in [5.74, 6) is 0. The molecular formula is FeO4PW. The summed E-state index contributed by atoms with van der Waals surface area (Å²) in [7, 11) is -5.39. The van der Waals surface area contributed by atoms with E-state index in [2.05, 4.69) is 0 Å². The SMILES string of the molecule is O=P([O-])([O-])[O-].[Fe+3].[W]. The Labute approximate surface area is 65.3 Å². The van der Waals surface area contributed by atoms with E-state index in [0.29, 0.717) is 0 Å². The van der Waals surface area contributed by atoms with Gasteiger partial charge in [0.2, 0.25) is 0 Å². The first-order chi connectivity index (χ1) is 2.00. The van der Waals surface area contributed by atoms with Crippen molar-refractivity contribution in [1.82, 2.24) is 0 Å². The van der Waals surface area contributed by atoms with Crippen LogP contribution in [0.2, 0.25) is 0 Å². The van der Waals surface area contributed by atoms with E-state index in [9.17, 15) is 0 Å². The van der Waals surface area contributed by atoms with Crippen molar-refractivity contribution in [2.45, 2.75) is 0 Å². The van der Waals surface area contributed by atoms with Crippen LogP contribution < -0.4 is 14.7 Å². The Morgan fingerprint density at radius 2 is 1.14 bits per heavy atom. The molecule has 0 saturated heterocycles. The number of hydrogen-bond acceptors (Lipinski definition) is 4. The second-order valence-electron chi connectivity index (χ2n) is 0.447. The van der Waals surface area contributed by atoms with Crippen LogP contribution in [0.1, 0.15) is 0 Å². The van der Waals surface area contributed by atoms with E-state index < -0.39 is 7.82 Å². The molecule has 7 heavy (non-hydrogen) atoms. The zero-order valence-electron chi connectivity index (χ0n) is 2.84. The molecule has 0 rings (SSSR count). The van der Waals surface area contributed by atoms with Gasteiger partial charge in [0.05, 0.1) is 0 Å². The van der Waals surface area contributed by atoms with Crippen LogP contribution in [-0.2, 0) is 42.7 Å². The fourth-order valence-electron chi connectivity index (χ4n) is 0. The molecule has 0 bridgehead atoms. The second kappa shape index (κ2) is 5.45. The Bertz CT molecular complexity index is 57.8. The van der Waals surface area contributed by atoms with Gasteiger partial charge in [0.25, 0.3) is 0 Å². The summed E-state index contributed by atoms with van der Waals surface area (Å²) in [5, 5.41) is 0. The van der Waals surface area contributed by atoms with E-state index in [4.69, 9.17) is 19.2 Å². The maximum absolute atomic E-state index is 8.55. The third-order valence-corrected chi connectivity index (χ3v) is 0. The molecular weight excluding hydrogens is 335 g/mol. The van der Waals surface area contributed by atoms with Gasteiger partial charge in [-0.25, -0.2) is 0 Å². The maximum atomic E-state index is 8.55. The predicted octanol–water partition coefficient (Wildman–Crippen LogP) is -2.83. The number of rotatable bonds is 0. The van der Waals surface area contributed by atoms with Gasteiger partial charge in [-0.1, -0.05) is 0 Å². The molecule has 0 unspecified atom stereocenters. The van der Waals surface area contributed by atoms with E-state index >= 15 is 0 Å². The number of hydrogen-bond donors (Lipinski definition) is 0. The van der Waals surface area contributed by atoms with Crippen LogP contribution >= 0.6 is 7.82 Å². The third kappa shape index (κ3) is 119. The monoisotopic (exact) mass is 335 g/mol. The molecule has 0 atom stereocenters. The quantitative estimate of drug-likeness (QED) is 0.353. The topological polar surface area (TPSA) is 86.2 Å². The van der Waals surface area contributed by atoms with Gasteiger partial charge in [-0.2, -0.15) is 7.82 Å². The van der Waals surface area contributed by atoms with Crippen LogP contribution in [0.3, 0.4) is 0 Å². The molecule has 0 aromatic carbocycles. The fourth-order valence-corrected chi connectivity index (χ4v) is 0. The average molecular weight is 335 g/mol. The van der Waals surface area contributed by atoms with E-state index in [1.165, 1.54) is 0 Å². The largest absolute Gasteiger partial charge is 3.00 e. The van der Waals surface area contributed by atoms with Crippen LogP contribution in [-0.4, -0.2) is 0 Å². The maximum Gasteiger partial charge on any atom is 3.00 e. The van der Waals surface area contributed by atoms with Gasteiger partial charge in [0.1, 0.15) is 0 Å². The average Bonchev–Trinajstić information content (AvgIpc) is 0.722. The van der Waals surface area contributed by atoms with Crippen molar-refractivity contribution < 1.29 is 57.4 Å². The fraction of sp³-hybridized carbons (Fsp3) is 0. The second-order valence-corrected chi connectivity index (χ2v) is 1.34. The summed E-state index contributed by atoms with van der Waals surface area (Å²) in [5.41, 5.74) is 0. The first-order valence-corrected chi connectivity index (χ1v) is 2.19. The zero-order valence-corrected chi connectivity index (χ0v) is 7.77. The molecule has 7 heteroatoms. The van der Waals surface area contributed by atoms with Crippen molar-refractivity contribution >= 4 is 7.82 Å². The molecule has 0 amide bonds. The summed E-state index contributed by atoms with van der Waals surface area (Å²) in [4.78, 5) is 25.6. The van der Waals surface area contributed by atoms with Crippen molar-refractivity contribution in [3.8, 4) is 0 Å². The molecule has 0 spiro atoms. The van der Waals surface area contributed by atoms with Crippen LogP contribution in [0.15, 0.2) is 0 Å². The van der Waals surface area contributed by atoms with Gasteiger partial charge in [0, 0.05) is 21.1 Å². The molecule has 0 heterocycles. The van der Waals surface area contributed by atoms with E-state index in [1.54, 1.807) is 0 Å². The number of phosphoric acid groups is 1. The van der Waals surface area contributed by atoms with Gasteiger partial charge in [-0.3, -0.25) is 0 Å². The molecule has 4 nitrogen and oxygen atoms in total. The molecule has 0 aromatic rings. The van der Waals surface area contributed by atoms with Gasteiger partial charge < -0.3 is 19.2 Å². The van der Waals surface area contributed by atoms with Crippen molar-refractivity contribution in [3.63, 3.8) is 0 Å². The zero-order chi connectivity index (χ0) is 4.50. The van der Waals surface area contributed by atoms with Gasteiger partial charge in [0.15, 0.2) is 0 Å². The summed E-state index contributed by atoms with van der Waals surface area (Å²) in [6, 6.07) is 0. The third-order valence-electron chi connectivity index (χ3n) is 0. The molecule has 0 fully saturated rings. The van der Waals surface area contributed by atoms with E-state index in [0.717, 1.165) is 0 Å². The van der Waals surface area contributed by atoms with Crippen LogP contribution in [0.25, 0.3) is 0 Å². The van der Waals surface area contributed by atoms with Crippen LogP contribution in [0.5, 0.6) is 0 Å². The van der Waals surface area contributed by atoms with Gasteiger partial charge in [-0.05, 0) is 0 Å². The summed E-state index contributed by atoms with van der Waals surface area (Å²) >= 11 is 0. The Kier molecular flexibility index (Phi) is 12.3. The van der Waals surface area contributed by atoms with Gasteiger partial charge in [-0.15, -0.1) is 0 Å². The van der Waals surface area contributed by atoms with Crippen molar-refractivity contribution in [2.75, 3.05) is 0 Å². The smallest absolute Gasteiger partial charge is 0.822 e. The minimum Gasteiger partial charge on any atom is -0.822 e. The first-order valence-electron chi connectivity index (χ1n) is 0.730. The molecule has 0 aliphatic carbocycles. The molecule has 0 N–H and O–H groups in total. The Balaban J connectivity index is -0.0000000800. The van der Waals surface area contributed by atoms with E-state index in [-0.39, 0.29) is 38.1 Å². The summed E-state index contributed by atoms with van der Waals surface area (Å²) in [6.07, 6.45) is 0. The minimum atomic E-state index is -5.39. The standard InChI is InChI=1S/Fe.H3O4P.W/c;1-5(2,3)4;/h;(H3,1,2,3,4);/q+3;;/p-3. The summed E-state index contributed by atoms with van der Waals surface area (Å²) in [6.45, 7) is 0. The molecule has 0 saturated carbocycles. The van der Waals surface area contributed by atoms with Crippen LogP contribution in [0, 0.1) is 0 Å². The first kappa shape index (κ1) is 15.8. The van der Waals surface area contributed by atoms with Crippen molar-refractivity contribution in [2.24, 2.45) is 0 Å².